The zero-order chi connectivity index (χ0) is 37.3. The molecular formula is C29H44N2O14S4. The number of carboxylic acid groups (broad SMARTS) is 1. The number of aliphatic carboxylic acids is 1. The Labute approximate surface area is 288 Å². The van der Waals surface area contributed by atoms with Gasteiger partial charge in [0.25, 0.3) is 40.5 Å². The number of allylic oxidation sites excluding steroid dienone is 6. The van der Waals surface area contributed by atoms with Gasteiger partial charge < -0.3 is 10.0 Å². The number of carboxylic acids is 1. The minimum absolute atomic E-state index is 0.0107. The molecule has 0 aliphatic rings. The zero-order valence-electron chi connectivity index (χ0n) is 27.0. The number of hydrogen-bond acceptors (Lipinski definition) is 11. The summed E-state index contributed by atoms with van der Waals surface area (Å²) < 4.78 is 127. The topological polar surface area (TPSA) is 270 Å². The molecule has 1 aromatic carbocycles. The van der Waals surface area contributed by atoms with Gasteiger partial charge in [0.05, 0.1) is 22.2 Å². The molecule has 49 heavy (non-hydrogen) atoms. The first-order chi connectivity index (χ1) is 22.6. The Morgan fingerprint density at radius 2 is 1.33 bits per heavy atom. The van der Waals surface area contributed by atoms with Gasteiger partial charge in [0.15, 0.2) is 0 Å². The number of hydrogen-bond donors (Lipinski definition) is 5. The second-order valence-corrected chi connectivity index (χ2v) is 17.1. The lowest BCUT2D eigenvalue weighted by Gasteiger charge is -2.29. The highest BCUT2D eigenvalue weighted by molar-refractivity contribution is 7.86. The van der Waals surface area contributed by atoms with Crippen LogP contribution in [0.15, 0.2) is 64.2 Å². The van der Waals surface area contributed by atoms with Crippen molar-refractivity contribution in [3.8, 4) is 0 Å². The minimum Gasteiger partial charge on any atom is -0.481 e. The Bertz CT molecular complexity index is 1810. The van der Waals surface area contributed by atoms with E-state index in [1.165, 1.54) is 24.3 Å². The highest BCUT2D eigenvalue weighted by Gasteiger charge is 2.18. The Kier molecular flexibility index (Phi) is 18.5. The molecule has 0 aliphatic carbocycles. The predicted molar refractivity (Wildman–Crippen MR) is 185 cm³/mol. The van der Waals surface area contributed by atoms with Crippen LogP contribution >= 0.6 is 0 Å². The van der Waals surface area contributed by atoms with Gasteiger partial charge in [0.1, 0.15) is 0 Å². The van der Waals surface area contributed by atoms with E-state index < -0.39 is 63.7 Å². The maximum absolute atomic E-state index is 11.7. The number of aliphatic imine (C=N–C) groups is 1. The Morgan fingerprint density at radius 1 is 0.735 bits per heavy atom. The summed E-state index contributed by atoms with van der Waals surface area (Å²) in [5.74, 6) is -2.52. The fourth-order valence-corrected chi connectivity index (χ4v) is 6.57. The lowest BCUT2D eigenvalue weighted by Crippen LogP contribution is -2.25. The van der Waals surface area contributed by atoms with E-state index in [9.17, 15) is 47.6 Å². The molecule has 1 aromatic rings. The highest BCUT2D eigenvalue weighted by Crippen LogP contribution is 2.29. The second-order valence-electron chi connectivity index (χ2n) is 11.0. The largest absolute Gasteiger partial charge is 0.481 e. The monoisotopic (exact) mass is 772 g/mol. The van der Waals surface area contributed by atoms with E-state index in [0.717, 1.165) is 0 Å². The fourth-order valence-electron chi connectivity index (χ4n) is 4.49. The molecule has 0 radical (unpaired) electrons. The lowest BCUT2D eigenvalue weighted by atomic mass is 10.1. The van der Waals surface area contributed by atoms with E-state index in [1.807, 2.05) is 0 Å². The summed E-state index contributed by atoms with van der Waals surface area (Å²) in [6, 6.07) is 3.96. The second kappa shape index (κ2) is 20.6. The van der Waals surface area contributed by atoms with Crippen LogP contribution in [0.5, 0.6) is 0 Å². The summed E-state index contributed by atoms with van der Waals surface area (Å²) in [7, 11) is -17.2. The number of benzene rings is 1. The molecule has 0 fully saturated rings. The Hall–Kier alpha value is -2.98. The van der Waals surface area contributed by atoms with Gasteiger partial charge in [-0.1, -0.05) is 24.6 Å². The van der Waals surface area contributed by atoms with Crippen molar-refractivity contribution in [3.63, 3.8) is 0 Å². The van der Waals surface area contributed by atoms with Gasteiger partial charge in [-0.25, -0.2) is 0 Å². The standard InChI is InChI=1S/C29H44N2O14S4/c1-24-23-27(49(43,44)45)16-17-28(24)31(19-7-3-6-15-29(32)33)26(14-9-21-47(37,38)39)13-5-2-4-11-25(12-8-20-46(34,35)36)30-18-10-22-48(40,41)42/h2,4-5,11,13,16-17,23H,3,6-10,12,14-15,18-22H2,1H3,(H,32,33)(H,34,35,36)(H,37,38,39)(H,40,41,42)(H,43,44,45)/b5-2+,11-4+,26-13+,30-25?. The summed E-state index contributed by atoms with van der Waals surface area (Å²) in [4.78, 5) is 16.7. The Morgan fingerprint density at radius 3 is 1.88 bits per heavy atom. The first kappa shape index (κ1) is 44.0. The van der Waals surface area contributed by atoms with Crippen LogP contribution in [0.4, 0.5) is 5.69 Å². The maximum Gasteiger partial charge on any atom is 0.303 e. The molecule has 0 unspecified atom stereocenters. The molecular weight excluding hydrogens is 729 g/mol. The van der Waals surface area contributed by atoms with E-state index in [-0.39, 0.29) is 50.0 Å². The van der Waals surface area contributed by atoms with Gasteiger partial charge in [-0.3, -0.25) is 28.0 Å². The van der Waals surface area contributed by atoms with Crippen molar-refractivity contribution in [2.45, 2.75) is 69.6 Å². The summed E-state index contributed by atoms with van der Waals surface area (Å²) in [6.45, 7) is 1.96. The average molecular weight is 773 g/mol. The van der Waals surface area contributed by atoms with Gasteiger partial charge in [0, 0.05) is 36.6 Å². The van der Waals surface area contributed by atoms with Gasteiger partial charge in [-0.15, -0.1) is 0 Å². The third kappa shape index (κ3) is 21.7. The van der Waals surface area contributed by atoms with Crippen LogP contribution in [0, 0.1) is 6.92 Å². The number of rotatable bonds is 24. The molecule has 1 rings (SSSR count). The normalized spacial score (nSPS) is 13.8. The van der Waals surface area contributed by atoms with Gasteiger partial charge in [0.2, 0.25) is 0 Å². The van der Waals surface area contributed by atoms with E-state index in [1.54, 1.807) is 36.1 Å². The molecule has 0 amide bonds. The molecule has 0 aliphatic heterocycles. The van der Waals surface area contributed by atoms with Crippen LogP contribution in [0.1, 0.15) is 63.4 Å². The van der Waals surface area contributed by atoms with Crippen LogP contribution < -0.4 is 4.90 Å². The summed E-state index contributed by atoms with van der Waals surface area (Å²) in [5, 5.41) is 8.97. The summed E-state index contributed by atoms with van der Waals surface area (Å²) in [6.07, 6.45) is 9.67. The van der Waals surface area contributed by atoms with Crippen molar-refractivity contribution < 1.29 is 61.8 Å². The molecule has 278 valence electrons. The highest BCUT2D eigenvalue weighted by atomic mass is 32.2. The van der Waals surface area contributed by atoms with Crippen LogP contribution in [0.2, 0.25) is 0 Å². The SMILES string of the molecule is Cc1cc(S(=O)(=O)O)ccc1N(CCCCCC(=O)O)/C(=C/C=C/C=C/C(CCCS(=O)(=O)O)=NCCCS(=O)(=O)O)CCCS(=O)(=O)O. The molecule has 0 saturated heterocycles. The Balaban J connectivity index is 3.45. The van der Waals surface area contributed by atoms with Crippen molar-refractivity contribution in [1.82, 2.24) is 0 Å². The predicted octanol–water partition coefficient (Wildman–Crippen LogP) is 3.74. The minimum atomic E-state index is -4.50. The number of aryl methyl sites for hydroxylation is 1. The number of unbranched alkanes of at least 4 members (excludes halogenated alkanes) is 2. The van der Waals surface area contributed by atoms with Crippen molar-refractivity contribution in [1.29, 1.82) is 0 Å². The zero-order valence-corrected chi connectivity index (χ0v) is 30.2. The van der Waals surface area contributed by atoms with E-state index in [0.29, 0.717) is 48.5 Å². The quantitative estimate of drug-likeness (QED) is 0.0433. The van der Waals surface area contributed by atoms with E-state index in [4.69, 9.17) is 14.2 Å². The average Bonchev–Trinajstić information content (AvgIpc) is 2.93. The van der Waals surface area contributed by atoms with Gasteiger partial charge in [-0.05, 0) is 87.8 Å². The van der Waals surface area contributed by atoms with Crippen molar-refractivity contribution in [3.05, 3.63) is 59.8 Å². The molecule has 0 saturated carbocycles. The molecule has 16 nitrogen and oxygen atoms in total. The lowest BCUT2D eigenvalue weighted by molar-refractivity contribution is -0.137. The van der Waals surface area contributed by atoms with Crippen LogP contribution in [-0.4, -0.2) is 99.0 Å². The fraction of sp³-hybridized carbons (Fsp3) is 0.517. The van der Waals surface area contributed by atoms with Gasteiger partial charge in [-0.2, -0.15) is 33.7 Å². The van der Waals surface area contributed by atoms with Crippen LogP contribution in [0.3, 0.4) is 0 Å². The van der Waals surface area contributed by atoms with E-state index >= 15 is 0 Å². The molecule has 0 atom stereocenters. The first-order valence-corrected chi connectivity index (χ1v) is 21.3. The molecule has 20 heteroatoms. The van der Waals surface area contributed by atoms with Crippen molar-refractivity contribution >= 4 is 57.8 Å². The number of nitrogens with zero attached hydrogens (tertiary/aromatic N) is 2. The molecule has 0 spiro atoms. The smallest absolute Gasteiger partial charge is 0.303 e. The number of anilines is 1. The summed E-state index contributed by atoms with van der Waals surface area (Å²) in [5.41, 5.74) is 1.94. The maximum atomic E-state index is 11.7. The first-order valence-electron chi connectivity index (χ1n) is 15.1. The van der Waals surface area contributed by atoms with Crippen molar-refractivity contribution in [2.24, 2.45) is 4.99 Å². The molecule has 0 heterocycles. The molecule has 5 N–H and O–H groups in total. The summed E-state index contributed by atoms with van der Waals surface area (Å²) >= 11 is 0. The van der Waals surface area contributed by atoms with Crippen LogP contribution in [0.25, 0.3) is 0 Å². The number of carbonyl (C=O) groups is 1. The van der Waals surface area contributed by atoms with E-state index in [2.05, 4.69) is 4.99 Å². The molecule has 0 bridgehead atoms. The van der Waals surface area contributed by atoms with Crippen LogP contribution in [-0.2, 0) is 45.3 Å². The molecule has 0 aromatic heterocycles. The van der Waals surface area contributed by atoms with Crippen molar-refractivity contribution in [2.75, 3.05) is 35.2 Å². The third-order valence-electron chi connectivity index (χ3n) is 6.72. The van der Waals surface area contributed by atoms with Gasteiger partial charge >= 0.3 is 5.97 Å². The third-order valence-corrected chi connectivity index (χ3v) is 9.98.